The molecule has 0 radical (unpaired) electrons. The molecule has 0 aromatic heterocycles. The van der Waals surface area contributed by atoms with Crippen LogP contribution in [-0.4, -0.2) is 0 Å². The van der Waals surface area contributed by atoms with Crippen LogP contribution in [-0.2, 0) is 20.8 Å². The number of benzene rings is 2. The predicted molar refractivity (Wildman–Crippen MR) is 90.9 cm³/mol. The van der Waals surface area contributed by atoms with Crippen molar-refractivity contribution in [2.24, 2.45) is 0 Å². The van der Waals surface area contributed by atoms with Crippen LogP contribution in [0.1, 0.15) is 16.7 Å². The Bertz CT molecular complexity index is 724. The van der Waals surface area contributed by atoms with E-state index in [-0.39, 0.29) is 0 Å². The third kappa shape index (κ3) is 4.25. The number of fused-ring (bicyclic) bond motifs is 1. The van der Waals surface area contributed by atoms with Crippen LogP contribution in [0.3, 0.4) is 0 Å². The minimum atomic E-state index is -0.826. The van der Waals surface area contributed by atoms with Gasteiger partial charge >= 0.3 is 37.9 Å². The molecule has 0 aliphatic rings. The minimum absolute atomic E-state index is 0.826. The first kappa shape index (κ1) is 16.9. The van der Waals surface area contributed by atoms with Crippen molar-refractivity contribution in [3.05, 3.63) is 65.2 Å². The normalized spacial score (nSPS) is 10.1. The molecular weight excluding hydrogens is 378 g/mol. The Morgan fingerprint density at radius 2 is 1.52 bits per heavy atom. The Morgan fingerprint density at radius 3 is 2.14 bits per heavy atom. The fourth-order valence-electron chi connectivity index (χ4n) is 2.77. The van der Waals surface area contributed by atoms with Crippen molar-refractivity contribution in [1.29, 1.82) is 0 Å². The van der Waals surface area contributed by atoms with Gasteiger partial charge in [0.15, 0.2) is 0 Å². The van der Waals surface area contributed by atoms with Gasteiger partial charge in [0, 0.05) is 0 Å². The molecule has 0 N–H and O–H groups in total. The van der Waals surface area contributed by atoms with Crippen LogP contribution < -0.4 is 0 Å². The summed E-state index contributed by atoms with van der Waals surface area (Å²) < 4.78 is 0. The summed E-state index contributed by atoms with van der Waals surface area (Å²) in [6, 6.07) is 17.8. The Morgan fingerprint density at radius 1 is 0.905 bits per heavy atom. The van der Waals surface area contributed by atoms with Crippen LogP contribution in [0.2, 0.25) is 0 Å². The zero-order valence-corrected chi connectivity index (χ0v) is 16.3. The van der Waals surface area contributed by atoms with E-state index in [0.29, 0.717) is 0 Å². The molecule has 0 atom stereocenters. The van der Waals surface area contributed by atoms with E-state index >= 15 is 0 Å². The van der Waals surface area contributed by atoms with E-state index in [1.54, 1.807) is 0 Å². The summed E-state index contributed by atoms with van der Waals surface area (Å²) in [4.78, 5) is 0. The van der Waals surface area contributed by atoms with Gasteiger partial charge in [-0.1, -0.05) is 47.9 Å². The average Bonchev–Trinajstić information content (AvgIpc) is 2.78. The standard InChI is InChI=1S/C18H17.2ClH.Zr/c1-12-7-13(2)10-16(9-12)17-6-4-5-15-8-14(3)11-18(15)17;;;/h4-11H,1-3H3;2*1H;/q-1;;;+2/p-2. The Hall–Kier alpha value is -0.487. The van der Waals surface area contributed by atoms with E-state index in [1.807, 2.05) is 0 Å². The van der Waals surface area contributed by atoms with Crippen LogP contribution >= 0.6 is 17.0 Å². The summed E-state index contributed by atoms with van der Waals surface area (Å²) in [5.74, 6) is 0. The molecule has 21 heavy (non-hydrogen) atoms. The summed E-state index contributed by atoms with van der Waals surface area (Å²) in [5.41, 5.74) is 6.65. The van der Waals surface area contributed by atoms with Crippen molar-refractivity contribution in [3.63, 3.8) is 0 Å². The molecule has 0 unspecified atom stereocenters. The van der Waals surface area contributed by atoms with Gasteiger partial charge < -0.3 is 0 Å². The maximum absolute atomic E-state index is 4.93. The summed E-state index contributed by atoms with van der Waals surface area (Å²) in [5, 5.41) is 2.70. The second-order valence-corrected chi connectivity index (χ2v) is 9.02. The molecule has 3 heteroatoms. The van der Waals surface area contributed by atoms with Crippen LogP contribution in [0.5, 0.6) is 0 Å². The first-order valence-corrected chi connectivity index (χ1v) is 13.1. The Kier molecular flexibility index (Phi) is 6.17. The van der Waals surface area contributed by atoms with E-state index in [1.165, 1.54) is 38.6 Å². The summed E-state index contributed by atoms with van der Waals surface area (Å²) >= 11 is -0.826. The molecular formula is C18H17Cl2Zr-. The number of halogens is 2. The zero-order valence-electron chi connectivity index (χ0n) is 12.4. The fraction of sp³-hybridized carbons (Fsp3) is 0.167. The predicted octanol–water partition coefficient (Wildman–Crippen LogP) is 6.53. The van der Waals surface area contributed by atoms with Crippen LogP contribution in [0.4, 0.5) is 0 Å². The Balaban J connectivity index is 0.000000497. The average molecular weight is 395 g/mol. The molecule has 0 saturated heterocycles. The molecule has 3 rings (SSSR count). The zero-order chi connectivity index (χ0) is 15.4. The monoisotopic (exact) mass is 393 g/mol. The number of hydrogen-bond donors (Lipinski definition) is 0. The molecule has 3 aromatic rings. The molecule has 0 fully saturated rings. The first-order valence-electron chi connectivity index (χ1n) is 6.76. The van der Waals surface area contributed by atoms with E-state index in [4.69, 9.17) is 17.0 Å². The van der Waals surface area contributed by atoms with Crippen molar-refractivity contribution in [1.82, 2.24) is 0 Å². The number of aryl methyl sites for hydroxylation is 3. The first-order chi connectivity index (χ1) is 10.0. The molecule has 0 nitrogen and oxygen atoms in total. The molecule has 0 amide bonds. The Labute approximate surface area is 145 Å². The van der Waals surface area contributed by atoms with Crippen LogP contribution in [0.25, 0.3) is 21.9 Å². The third-order valence-corrected chi connectivity index (χ3v) is 3.43. The van der Waals surface area contributed by atoms with Crippen LogP contribution in [0, 0.1) is 20.8 Å². The second kappa shape index (κ2) is 7.68. The van der Waals surface area contributed by atoms with Crippen molar-refractivity contribution in [3.8, 4) is 11.1 Å². The van der Waals surface area contributed by atoms with E-state index in [0.717, 1.165) is 0 Å². The summed E-state index contributed by atoms with van der Waals surface area (Å²) in [6.07, 6.45) is 0. The van der Waals surface area contributed by atoms with Gasteiger partial charge in [-0.25, -0.2) is 0 Å². The van der Waals surface area contributed by atoms with Crippen molar-refractivity contribution < 1.29 is 20.8 Å². The van der Waals surface area contributed by atoms with Gasteiger partial charge in [0.25, 0.3) is 0 Å². The van der Waals surface area contributed by atoms with Crippen LogP contribution in [0.15, 0.2) is 48.5 Å². The molecule has 0 aliphatic heterocycles. The molecule has 0 bridgehead atoms. The van der Waals surface area contributed by atoms with Gasteiger partial charge in [-0.3, -0.25) is 0 Å². The number of rotatable bonds is 1. The van der Waals surface area contributed by atoms with Gasteiger partial charge in [0.1, 0.15) is 0 Å². The second-order valence-electron chi connectivity index (χ2n) is 5.29. The SMILES string of the molecule is Cc1cc(C)cc(-c2cccc3[cH-]c(C)cc23)c1.[Cl][Zr][Cl]. The summed E-state index contributed by atoms with van der Waals surface area (Å²) in [6.45, 7) is 6.48. The van der Waals surface area contributed by atoms with E-state index in [9.17, 15) is 0 Å². The fourth-order valence-corrected chi connectivity index (χ4v) is 2.77. The van der Waals surface area contributed by atoms with E-state index < -0.39 is 20.8 Å². The topological polar surface area (TPSA) is 0 Å². The van der Waals surface area contributed by atoms with Crippen molar-refractivity contribution in [2.45, 2.75) is 20.8 Å². The molecule has 0 spiro atoms. The maximum atomic E-state index is 4.93. The quantitative estimate of drug-likeness (QED) is 0.411. The molecule has 0 saturated carbocycles. The number of hydrogen-bond acceptors (Lipinski definition) is 0. The molecule has 0 heterocycles. The van der Waals surface area contributed by atoms with Crippen molar-refractivity contribution in [2.75, 3.05) is 0 Å². The molecule has 3 aromatic carbocycles. The van der Waals surface area contributed by atoms with Crippen molar-refractivity contribution >= 4 is 27.8 Å². The van der Waals surface area contributed by atoms with Gasteiger partial charge in [-0.15, -0.1) is 34.5 Å². The van der Waals surface area contributed by atoms with Gasteiger partial charge in [-0.2, -0.15) is 6.07 Å². The van der Waals surface area contributed by atoms with Gasteiger partial charge in [-0.05, 0) is 19.4 Å². The molecule has 108 valence electrons. The molecule has 0 aliphatic carbocycles. The summed E-state index contributed by atoms with van der Waals surface area (Å²) in [7, 11) is 9.87. The van der Waals surface area contributed by atoms with E-state index in [2.05, 4.69) is 69.3 Å². The van der Waals surface area contributed by atoms with Gasteiger partial charge in [0.05, 0.1) is 0 Å². The van der Waals surface area contributed by atoms with Gasteiger partial charge in [0.2, 0.25) is 0 Å². The third-order valence-electron chi connectivity index (χ3n) is 3.43.